The Kier molecular flexibility index (Phi) is 9.32. The Balaban J connectivity index is 3.64. The zero-order valence-electron chi connectivity index (χ0n) is 11.1. The summed E-state index contributed by atoms with van der Waals surface area (Å²) < 4.78 is 0. The Labute approximate surface area is 108 Å². The van der Waals surface area contributed by atoms with E-state index in [2.05, 4.69) is 0 Å². The molecule has 18 heavy (non-hydrogen) atoms. The Bertz CT molecular complexity index is 288. The smallest absolute Gasteiger partial charge is 0.133 e. The number of carbonyl (C=O) groups is 3. The van der Waals surface area contributed by atoms with Gasteiger partial charge in [0, 0.05) is 38.5 Å². The van der Waals surface area contributed by atoms with Gasteiger partial charge in [-0.1, -0.05) is 6.92 Å². The van der Waals surface area contributed by atoms with E-state index in [0.29, 0.717) is 25.7 Å². The highest BCUT2D eigenvalue weighted by Gasteiger charge is 2.10. The van der Waals surface area contributed by atoms with Crippen LogP contribution in [0.5, 0.6) is 0 Å². The first kappa shape index (κ1) is 16.9. The number of ketones is 3. The minimum atomic E-state index is -0.476. The van der Waals surface area contributed by atoms with Crippen molar-refractivity contribution in [3.8, 4) is 0 Å². The zero-order valence-corrected chi connectivity index (χ0v) is 11.1. The summed E-state index contributed by atoms with van der Waals surface area (Å²) in [5.41, 5.74) is 10.7. The molecule has 0 unspecified atom stereocenters. The topological polar surface area (TPSA) is 103 Å². The van der Waals surface area contributed by atoms with Gasteiger partial charge < -0.3 is 11.5 Å². The molecule has 5 nitrogen and oxygen atoms in total. The summed E-state index contributed by atoms with van der Waals surface area (Å²) >= 11 is 0. The molecule has 0 saturated carbocycles. The monoisotopic (exact) mass is 256 g/mol. The van der Waals surface area contributed by atoms with Crippen LogP contribution in [0.3, 0.4) is 0 Å². The molecule has 0 aliphatic heterocycles. The van der Waals surface area contributed by atoms with Gasteiger partial charge in [-0.15, -0.1) is 0 Å². The summed E-state index contributed by atoms with van der Waals surface area (Å²) in [6.07, 6.45) is 2.63. The van der Waals surface area contributed by atoms with E-state index in [-0.39, 0.29) is 36.6 Å². The van der Waals surface area contributed by atoms with Gasteiger partial charge in [0.2, 0.25) is 0 Å². The zero-order chi connectivity index (χ0) is 14.0. The highest BCUT2D eigenvalue weighted by Crippen LogP contribution is 2.05. The maximum Gasteiger partial charge on any atom is 0.133 e. The normalized spacial score (nSPS) is 10.7. The van der Waals surface area contributed by atoms with Gasteiger partial charge in [-0.05, 0) is 12.8 Å². The largest absolute Gasteiger partial charge is 0.316 e. The van der Waals surface area contributed by atoms with E-state index in [1.807, 2.05) is 6.92 Å². The van der Waals surface area contributed by atoms with Crippen LogP contribution in [-0.4, -0.2) is 23.5 Å². The van der Waals surface area contributed by atoms with Crippen molar-refractivity contribution in [2.24, 2.45) is 11.5 Å². The third-order valence-corrected chi connectivity index (χ3v) is 2.65. The Morgan fingerprint density at radius 3 is 1.56 bits per heavy atom. The van der Waals surface area contributed by atoms with Crippen LogP contribution in [0.2, 0.25) is 0 Å². The molecule has 104 valence electrons. The third kappa shape index (κ3) is 10.1. The summed E-state index contributed by atoms with van der Waals surface area (Å²) in [6.45, 7) is 1.93. The fraction of sp³-hybridized carbons (Fsp3) is 0.769. The summed E-state index contributed by atoms with van der Waals surface area (Å²) in [7, 11) is 0. The van der Waals surface area contributed by atoms with Crippen molar-refractivity contribution in [1.29, 1.82) is 0 Å². The molecule has 0 rings (SSSR count). The molecule has 0 amide bonds. The van der Waals surface area contributed by atoms with Gasteiger partial charge in [-0.2, -0.15) is 0 Å². The standard InChI is InChI=1S/C13H24N2O3/c1-2-3-10(16)4-5-11(17)6-7-12(18)8-9-13(14)15/h13H,2-9,14-15H2,1H3. The van der Waals surface area contributed by atoms with Crippen LogP contribution in [0.15, 0.2) is 0 Å². The molecule has 0 aromatic heterocycles. The van der Waals surface area contributed by atoms with Gasteiger partial charge in [0.05, 0.1) is 6.17 Å². The summed E-state index contributed by atoms with van der Waals surface area (Å²) in [5.74, 6) is 0.0975. The molecular formula is C13H24N2O3. The Morgan fingerprint density at radius 1 is 0.778 bits per heavy atom. The van der Waals surface area contributed by atoms with Crippen molar-refractivity contribution < 1.29 is 14.4 Å². The van der Waals surface area contributed by atoms with Crippen LogP contribution in [-0.2, 0) is 14.4 Å². The van der Waals surface area contributed by atoms with Gasteiger partial charge in [0.15, 0.2) is 0 Å². The predicted octanol–water partition coefficient (Wildman–Crippen LogP) is 1.08. The van der Waals surface area contributed by atoms with Gasteiger partial charge in [-0.25, -0.2) is 0 Å². The molecule has 0 aliphatic carbocycles. The predicted molar refractivity (Wildman–Crippen MR) is 69.8 cm³/mol. The fourth-order valence-corrected chi connectivity index (χ4v) is 1.54. The SMILES string of the molecule is CCCC(=O)CCC(=O)CCC(=O)CCC(N)N. The van der Waals surface area contributed by atoms with E-state index in [1.165, 1.54) is 0 Å². The molecule has 0 spiro atoms. The first-order valence-corrected chi connectivity index (χ1v) is 6.52. The fourth-order valence-electron chi connectivity index (χ4n) is 1.54. The number of hydrogen-bond donors (Lipinski definition) is 2. The molecule has 0 heterocycles. The number of nitrogens with two attached hydrogens (primary N) is 2. The lowest BCUT2D eigenvalue weighted by Crippen LogP contribution is -2.30. The van der Waals surface area contributed by atoms with Crippen molar-refractivity contribution in [2.45, 2.75) is 64.5 Å². The second-order valence-corrected chi connectivity index (χ2v) is 4.57. The molecular weight excluding hydrogens is 232 g/mol. The molecule has 0 aromatic carbocycles. The van der Waals surface area contributed by atoms with Crippen molar-refractivity contribution in [2.75, 3.05) is 0 Å². The lowest BCUT2D eigenvalue weighted by molar-refractivity contribution is -0.126. The second-order valence-electron chi connectivity index (χ2n) is 4.57. The lowest BCUT2D eigenvalue weighted by Gasteiger charge is -2.04. The van der Waals surface area contributed by atoms with E-state index >= 15 is 0 Å². The van der Waals surface area contributed by atoms with Crippen molar-refractivity contribution in [3.63, 3.8) is 0 Å². The average molecular weight is 256 g/mol. The Hall–Kier alpha value is -1.07. The maximum atomic E-state index is 11.4. The molecule has 5 heteroatoms. The molecule has 0 saturated heterocycles. The van der Waals surface area contributed by atoms with E-state index in [9.17, 15) is 14.4 Å². The molecule has 0 aliphatic rings. The average Bonchev–Trinajstić information content (AvgIpc) is 2.31. The third-order valence-electron chi connectivity index (χ3n) is 2.65. The number of hydrogen-bond acceptors (Lipinski definition) is 5. The molecule has 0 aromatic rings. The van der Waals surface area contributed by atoms with Crippen LogP contribution in [0, 0.1) is 0 Å². The van der Waals surface area contributed by atoms with Crippen LogP contribution in [0.4, 0.5) is 0 Å². The van der Waals surface area contributed by atoms with E-state index in [0.717, 1.165) is 6.42 Å². The molecule has 0 atom stereocenters. The van der Waals surface area contributed by atoms with Gasteiger partial charge in [0.25, 0.3) is 0 Å². The quantitative estimate of drug-likeness (QED) is 0.538. The minimum absolute atomic E-state index is 0.00383. The van der Waals surface area contributed by atoms with Crippen molar-refractivity contribution in [1.82, 2.24) is 0 Å². The summed E-state index contributed by atoms with van der Waals surface area (Å²) in [6, 6.07) is 0. The van der Waals surface area contributed by atoms with E-state index in [1.54, 1.807) is 0 Å². The van der Waals surface area contributed by atoms with Crippen LogP contribution >= 0.6 is 0 Å². The van der Waals surface area contributed by atoms with Gasteiger partial charge in [0.1, 0.15) is 17.3 Å². The van der Waals surface area contributed by atoms with Crippen molar-refractivity contribution in [3.05, 3.63) is 0 Å². The van der Waals surface area contributed by atoms with E-state index in [4.69, 9.17) is 11.5 Å². The second kappa shape index (κ2) is 9.91. The Morgan fingerprint density at radius 2 is 1.17 bits per heavy atom. The maximum absolute atomic E-state index is 11.4. The minimum Gasteiger partial charge on any atom is -0.316 e. The first-order valence-electron chi connectivity index (χ1n) is 6.52. The number of carbonyl (C=O) groups excluding carboxylic acids is 3. The van der Waals surface area contributed by atoms with Crippen LogP contribution in [0.25, 0.3) is 0 Å². The van der Waals surface area contributed by atoms with E-state index < -0.39 is 6.17 Å². The molecule has 0 bridgehead atoms. The highest BCUT2D eigenvalue weighted by molar-refractivity contribution is 5.89. The lowest BCUT2D eigenvalue weighted by atomic mass is 10.0. The number of Topliss-reactive ketones (excluding diaryl/α,β-unsaturated/α-hetero) is 3. The first-order chi connectivity index (χ1) is 8.45. The highest BCUT2D eigenvalue weighted by atomic mass is 16.1. The molecule has 4 N–H and O–H groups in total. The van der Waals surface area contributed by atoms with Crippen molar-refractivity contribution >= 4 is 17.3 Å². The van der Waals surface area contributed by atoms with Crippen LogP contribution < -0.4 is 11.5 Å². The van der Waals surface area contributed by atoms with Gasteiger partial charge >= 0.3 is 0 Å². The van der Waals surface area contributed by atoms with Crippen LogP contribution in [0.1, 0.15) is 58.3 Å². The molecule has 0 fully saturated rings. The summed E-state index contributed by atoms with van der Waals surface area (Å²) in [5, 5.41) is 0. The van der Waals surface area contributed by atoms with Gasteiger partial charge in [-0.3, -0.25) is 14.4 Å². The molecule has 0 radical (unpaired) electrons. The number of rotatable bonds is 11. The summed E-state index contributed by atoms with van der Waals surface area (Å²) in [4.78, 5) is 34.0.